The molecule has 0 N–H and O–H groups in total. The number of hydrogen-bond donors (Lipinski definition) is 0. The van der Waals surface area contributed by atoms with Crippen molar-refractivity contribution in [1.82, 2.24) is 0 Å². The molecule has 0 unspecified atom stereocenters. The lowest BCUT2D eigenvalue weighted by atomic mass is 9.97. The molecule has 0 atom stereocenters. The molecule has 0 aromatic heterocycles. The van der Waals surface area contributed by atoms with Gasteiger partial charge in [-0.1, -0.05) is 12.1 Å². The van der Waals surface area contributed by atoms with E-state index >= 15 is 0 Å². The van der Waals surface area contributed by atoms with Gasteiger partial charge in [-0.25, -0.2) is 4.90 Å². The molecule has 2 amide bonds. The Morgan fingerprint density at radius 2 is 1.38 bits per heavy atom. The predicted molar refractivity (Wildman–Crippen MR) is 89.1 cm³/mol. The molecule has 2 aromatic rings. The van der Waals surface area contributed by atoms with Gasteiger partial charge in [0.25, 0.3) is 11.8 Å². The average molecular weight is 323 g/mol. The molecule has 3 rings (SSSR count). The molecule has 5 nitrogen and oxygen atoms in total. The predicted octanol–water partition coefficient (Wildman–Crippen LogP) is 3.44. The third-order valence-electron chi connectivity index (χ3n) is 3.71. The summed E-state index contributed by atoms with van der Waals surface area (Å²) in [7, 11) is 0. The Morgan fingerprint density at radius 3 is 1.83 bits per heavy atom. The number of esters is 1. The fraction of sp³-hybridized carbons (Fsp3) is 0.211. The van der Waals surface area contributed by atoms with Gasteiger partial charge in [0.15, 0.2) is 0 Å². The first kappa shape index (κ1) is 15.9. The molecule has 0 fully saturated rings. The van der Waals surface area contributed by atoms with E-state index in [2.05, 4.69) is 0 Å². The van der Waals surface area contributed by atoms with Gasteiger partial charge in [0.1, 0.15) is 5.75 Å². The van der Waals surface area contributed by atoms with E-state index in [9.17, 15) is 14.4 Å². The third-order valence-corrected chi connectivity index (χ3v) is 3.71. The number of nitrogens with zero attached hydrogens (tertiary/aromatic N) is 1. The van der Waals surface area contributed by atoms with Gasteiger partial charge in [-0.05, 0) is 57.2 Å². The average Bonchev–Trinajstić information content (AvgIpc) is 2.79. The summed E-state index contributed by atoms with van der Waals surface area (Å²) in [4.78, 5) is 37.9. The molecule has 0 bridgehead atoms. The number of ether oxygens (including phenoxy) is 1. The van der Waals surface area contributed by atoms with Crippen LogP contribution in [0.2, 0.25) is 0 Å². The summed E-state index contributed by atoms with van der Waals surface area (Å²) in [5.74, 6) is -0.684. The number of anilines is 1. The summed E-state index contributed by atoms with van der Waals surface area (Å²) in [6.45, 7) is 5.30. The Hall–Kier alpha value is -2.95. The molecule has 0 aliphatic carbocycles. The van der Waals surface area contributed by atoms with Crippen LogP contribution in [-0.4, -0.2) is 17.8 Å². The van der Waals surface area contributed by atoms with E-state index in [4.69, 9.17) is 4.74 Å². The van der Waals surface area contributed by atoms with Crippen LogP contribution in [0.1, 0.15) is 41.5 Å². The topological polar surface area (TPSA) is 63.7 Å². The van der Waals surface area contributed by atoms with Crippen molar-refractivity contribution in [3.05, 3.63) is 59.7 Å². The molecule has 1 heterocycles. The van der Waals surface area contributed by atoms with Crippen molar-refractivity contribution in [1.29, 1.82) is 0 Å². The minimum absolute atomic E-state index is 0.351. The Kier molecular flexibility index (Phi) is 3.72. The van der Waals surface area contributed by atoms with Crippen molar-refractivity contribution >= 4 is 23.5 Å². The summed E-state index contributed by atoms with van der Waals surface area (Å²) in [6, 6.07) is 13.0. The molecule has 0 saturated heterocycles. The van der Waals surface area contributed by atoms with Gasteiger partial charge in [0.05, 0.1) is 22.2 Å². The number of benzene rings is 2. The zero-order chi connectivity index (χ0) is 17.5. The maximum atomic E-state index is 12.4. The fourth-order valence-corrected chi connectivity index (χ4v) is 2.35. The number of fused-ring (bicyclic) bond motifs is 1. The first-order chi connectivity index (χ1) is 11.3. The molecule has 1 aliphatic heterocycles. The van der Waals surface area contributed by atoms with Crippen molar-refractivity contribution in [2.75, 3.05) is 4.90 Å². The Bertz CT molecular complexity index is 796. The van der Waals surface area contributed by atoms with Crippen molar-refractivity contribution in [2.45, 2.75) is 20.8 Å². The lowest BCUT2D eigenvalue weighted by molar-refractivity contribution is -0.143. The quantitative estimate of drug-likeness (QED) is 0.482. The second kappa shape index (κ2) is 5.60. The van der Waals surface area contributed by atoms with Gasteiger partial charge in [0, 0.05) is 0 Å². The standard InChI is InChI=1S/C19H17NO4/c1-19(2,3)18(23)24-13-10-8-12(9-11-13)20-16(21)14-6-4-5-7-15(14)17(20)22/h4-11H,1-3H3. The highest BCUT2D eigenvalue weighted by atomic mass is 16.5. The minimum Gasteiger partial charge on any atom is -0.426 e. The number of carbonyl (C=O) groups is 3. The van der Waals surface area contributed by atoms with Crippen LogP contribution in [0.3, 0.4) is 0 Å². The molecular weight excluding hydrogens is 306 g/mol. The van der Waals surface area contributed by atoms with Crippen molar-refractivity contribution in [3.8, 4) is 5.75 Å². The van der Waals surface area contributed by atoms with Gasteiger partial charge < -0.3 is 4.74 Å². The van der Waals surface area contributed by atoms with Gasteiger partial charge in [-0.2, -0.15) is 0 Å². The normalized spacial score (nSPS) is 13.9. The Morgan fingerprint density at radius 1 is 0.875 bits per heavy atom. The van der Waals surface area contributed by atoms with Gasteiger partial charge in [-0.15, -0.1) is 0 Å². The molecule has 1 aliphatic rings. The summed E-state index contributed by atoms with van der Waals surface area (Å²) in [5, 5.41) is 0. The van der Waals surface area contributed by atoms with Crippen LogP contribution in [0.4, 0.5) is 5.69 Å². The van der Waals surface area contributed by atoms with Gasteiger partial charge in [0.2, 0.25) is 0 Å². The van der Waals surface area contributed by atoms with Crippen molar-refractivity contribution in [2.24, 2.45) is 5.41 Å². The lowest BCUT2D eigenvalue weighted by Gasteiger charge is -2.17. The largest absolute Gasteiger partial charge is 0.426 e. The van der Waals surface area contributed by atoms with Crippen LogP contribution in [0.5, 0.6) is 5.75 Å². The summed E-state index contributed by atoms with van der Waals surface area (Å²) in [5.41, 5.74) is 0.620. The SMILES string of the molecule is CC(C)(C)C(=O)Oc1ccc(N2C(=O)c3ccccc3C2=O)cc1. The number of hydrogen-bond acceptors (Lipinski definition) is 4. The van der Waals surface area contributed by atoms with Crippen LogP contribution >= 0.6 is 0 Å². The van der Waals surface area contributed by atoms with Crippen LogP contribution in [0, 0.1) is 5.41 Å². The maximum Gasteiger partial charge on any atom is 0.316 e. The van der Waals surface area contributed by atoms with Crippen LogP contribution in [0.15, 0.2) is 48.5 Å². The molecule has 122 valence electrons. The van der Waals surface area contributed by atoms with E-state index in [0.717, 1.165) is 4.90 Å². The maximum absolute atomic E-state index is 12.4. The summed E-state index contributed by atoms with van der Waals surface area (Å²) in [6.07, 6.45) is 0. The monoisotopic (exact) mass is 323 g/mol. The molecule has 0 saturated carbocycles. The second-order valence-corrected chi connectivity index (χ2v) is 6.62. The van der Waals surface area contributed by atoms with E-state index in [1.807, 2.05) is 0 Å². The number of imide groups is 1. The number of carbonyl (C=O) groups excluding carboxylic acids is 3. The van der Waals surface area contributed by atoms with Crippen molar-refractivity contribution < 1.29 is 19.1 Å². The van der Waals surface area contributed by atoms with E-state index < -0.39 is 5.41 Å². The number of amides is 2. The Balaban J connectivity index is 1.84. The van der Waals surface area contributed by atoms with E-state index in [-0.39, 0.29) is 17.8 Å². The summed E-state index contributed by atoms with van der Waals surface area (Å²) < 4.78 is 5.28. The van der Waals surface area contributed by atoms with E-state index in [1.165, 1.54) is 0 Å². The highest BCUT2D eigenvalue weighted by Gasteiger charge is 2.36. The summed E-state index contributed by atoms with van der Waals surface area (Å²) >= 11 is 0. The van der Waals surface area contributed by atoms with Crippen LogP contribution in [-0.2, 0) is 4.79 Å². The zero-order valence-electron chi connectivity index (χ0n) is 13.7. The first-order valence-electron chi connectivity index (χ1n) is 7.59. The number of rotatable bonds is 2. The molecule has 0 spiro atoms. The minimum atomic E-state index is -0.610. The van der Waals surface area contributed by atoms with Crippen LogP contribution in [0.25, 0.3) is 0 Å². The lowest BCUT2D eigenvalue weighted by Crippen LogP contribution is -2.29. The highest BCUT2D eigenvalue weighted by molar-refractivity contribution is 6.34. The zero-order valence-corrected chi connectivity index (χ0v) is 13.7. The molecule has 24 heavy (non-hydrogen) atoms. The third kappa shape index (κ3) is 2.69. The second-order valence-electron chi connectivity index (χ2n) is 6.62. The van der Waals surface area contributed by atoms with E-state index in [1.54, 1.807) is 69.3 Å². The smallest absolute Gasteiger partial charge is 0.316 e. The fourth-order valence-electron chi connectivity index (χ4n) is 2.35. The van der Waals surface area contributed by atoms with Gasteiger partial charge >= 0.3 is 5.97 Å². The van der Waals surface area contributed by atoms with Gasteiger partial charge in [-0.3, -0.25) is 14.4 Å². The molecule has 2 aromatic carbocycles. The first-order valence-corrected chi connectivity index (χ1v) is 7.59. The highest BCUT2D eigenvalue weighted by Crippen LogP contribution is 2.29. The van der Waals surface area contributed by atoms with Crippen LogP contribution < -0.4 is 9.64 Å². The molecule has 5 heteroatoms. The molecular formula is C19H17NO4. The molecule has 0 radical (unpaired) electrons. The van der Waals surface area contributed by atoms with E-state index in [0.29, 0.717) is 22.6 Å². The Labute approximate surface area is 139 Å². The van der Waals surface area contributed by atoms with Crippen molar-refractivity contribution in [3.63, 3.8) is 0 Å².